The molecule has 3 rings (SSSR count). The molecule has 1 fully saturated rings. The SMILES string of the molecule is CCOc1ccc(S(=O)(=O)N2CCN([C@H](C)C(=O)Nc3cc(C)on3)CC2)cc1. The van der Waals surface area contributed by atoms with Crippen LogP contribution in [0.15, 0.2) is 39.8 Å². The number of hydrogen-bond donors (Lipinski definition) is 1. The van der Waals surface area contributed by atoms with E-state index < -0.39 is 16.1 Å². The van der Waals surface area contributed by atoms with Gasteiger partial charge in [0, 0.05) is 32.2 Å². The van der Waals surface area contributed by atoms with Crippen LogP contribution in [-0.4, -0.2) is 67.5 Å². The van der Waals surface area contributed by atoms with Gasteiger partial charge in [-0.15, -0.1) is 0 Å². The maximum atomic E-state index is 12.9. The van der Waals surface area contributed by atoms with Gasteiger partial charge in [-0.25, -0.2) is 8.42 Å². The van der Waals surface area contributed by atoms with Crippen molar-refractivity contribution in [3.8, 4) is 5.75 Å². The first kappa shape index (κ1) is 21.3. The summed E-state index contributed by atoms with van der Waals surface area (Å²) >= 11 is 0. The number of piperazine rings is 1. The zero-order chi connectivity index (χ0) is 21.0. The van der Waals surface area contributed by atoms with Crippen LogP contribution in [0.3, 0.4) is 0 Å². The molecule has 2 heterocycles. The zero-order valence-corrected chi connectivity index (χ0v) is 17.6. The third-order valence-corrected chi connectivity index (χ3v) is 6.77. The lowest BCUT2D eigenvalue weighted by atomic mass is 10.2. The molecule has 1 saturated heterocycles. The Balaban J connectivity index is 1.58. The number of nitrogens with one attached hydrogen (secondary N) is 1. The minimum Gasteiger partial charge on any atom is -0.494 e. The van der Waals surface area contributed by atoms with Gasteiger partial charge in [0.1, 0.15) is 11.5 Å². The van der Waals surface area contributed by atoms with Gasteiger partial charge in [-0.2, -0.15) is 4.31 Å². The average Bonchev–Trinajstić information content (AvgIpc) is 3.12. The van der Waals surface area contributed by atoms with E-state index in [1.807, 2.05) is 11.8 Å². The average molecular weight is 423 g/mol. The van der Waals surface area contributed by atoms with E-state index in [0.717, 1.165) is 0 Å². The molecule has 1 aliphatic heterocycles. The number of ether oxygens (including phenoxy) is 1. The summed E-state index contributed by atoms with van der Waals surface area (Å²) in [5.74, 6) is 1.41. The number of nitrogens with zero attached hydrogens (tertiary/aromatic N) is 3. The Labute approximate surface area is 170 Å². The highest BCUT2D eigenvalue weighted by Gasteiger charge is 2.32. The molecule has 158 valence electrons. The van der Waals surface area contributed by atoms with Crippen molar-refractivity contribution >= 4 is 21.7 Å². The summed E-state index contributed by atoms with van der Waals surface area (Å²) in [4.78, 5) is 14.6. The van der Waals surface area contributed by atoms with E-state index in [2.05, 4.69) is 10.5 Å². The molecule has 1 amide bonds. The quantitative estimate of drug-likeness (QED) is 0.724. The van der Waals surface area contributed by atoms with Crippen molar-refractivity contribution in [1.82, 2.24) is 14.4 Å². The fourth-order valence-electron chi connectivity index (χ4n) is 3.18. The molecule has 0 spiro atoms. The summed E-state index contributed by atoms with van der Waals surface area (Å²) in [5, 5.41) is 6.47. The number of carbonyl (C=O) groups excluding carboxylic acids is 1. The highest BCUT2D eigenvalue weighted by molar-refractivity contribution is 7.89. The van der Waals surface area contributed by atoms with Gasteiger partial charge in [0.15, 0.2) is 5.82 Å². The lowest BCUT2D eigenvalue weighted by molar-refractivity contribution is -0.121. The molecule has 1 N–H and O–H groups in total. The molecule has 1 aliphatic rings. The molecule has 0 aliphatic carbocycles. The summed E-state index contributed by atoms with van der Waals surface area (Å²) in [6.07, 6.45) is 0. The van der Waals surface area contributed by atoms with Gasteiger partial charge in [-0.3, -0.25) is 9.69 Å². The Hall–Kier alpha value is -2.43. The lowest BCUT2D eigenvalue weighted by Crippen LogP contribution is -2.53. The Morgan fingerprint density at radius 2 is 1.90 bits per heavy atom. The van der Waals surface area contributed by atoms with Crippen LogP contribution in [0.1, 0.15) is 19.6 Å². The van der Waals surface area contributed by atoms with Crippen LogP contribution in [0.4, 0.5) is 5.82 Å². The van der Waals surface area contributed by atoms with Crippen LogP contribution in [0.25, 0.3) is 0 Å². The first-order valence-corrected chi connectivity index (χ1v) is 11.0. The molecular formula is C19H26N4O5S. The summed E-state index contributed by atoms with van der Waals surface area (Å²) in [7, 11) is -3.58. The van der Waals surface area contributed by atoms with Gasteiger partial charge in [-0.05, 0) is 45.0 Å². The van der Waals surface area contributed by atoms with Gasteiger partial charge in [-0.1, -0.05) is 5.16 Å². The van der Waals surface area contributed by atoms with Crippen molar-refractivity contribution in [2.75, 3.05) is 38.1 Å². The van der Waals surface area contributed by atoms with E-state index in [1.165, 1.54) is 4.31 Å². The van der Waals surface area contributed by atoms with Crippen LogP contribution in [-0.2, 0) is 14.8 Å². The van der Waals surface area contributed by atoms with Crippen molar-refractivity contribution in [2.24, 2.45) is 0 Å². The molecule has 2 aromatic rings. The van der Waals surface area contributed by atoms with E-state index in [-0.39, 0.29) is 10.8 Å². The number of benzene rings is 1. The third-order valence-electron chi connectivity index (χ3n) is 4.85. The highest BCUT2D eigenvalue weighted by Crippen LogP contribution is 2.21. The molecular weight excluding hydrogens is 396 g/mol. The van der Waals surface area contributed by atoms with Crippen molar-refractivity contribution in [3.05, 3.63) is 36.1 Å². The largest absolute Gasteiger partial charge is 0.494 e. The second-order valence-corrected chi connectivity index (χ2v) is 8.77. The Kier molecular flexibility index (Phi) is 6.56. The van der Waals surface area contributed by atoms with Gasteiger partial charge in [0.25, 0.3) is 0 Å². The zero-order valence-electron chi connectivity index (χ0n) is 16.8. The fraction of sp³-hybridized carbons (Fsp3) is 0.474. The van der Waals surface area contributed by atoms with Crippen LogP contribution >= 0.6 is 0 Å². The number of carbonyl (C=O) groups is 1. The van der Waals surface area contributed by atoms with E-state index in [1.54, 1.807) is 44.2 Å². The van der Waals surface area contributed by atoms with Gasteiger partial charge < -0.3 is 14.6 Å². The molecule has 0 saturated carbocycles. The number of hydrogen-bond acceptors (Lipinski definition) is 7. The number of aryl methyl sites for hydroxylation is 1. The first-order chi connectivity index (χ1) is 13.8. The van der Waals surface area contributed by atoms with E-state index in [4.69, 9.17) is 9.26 Å². The molecule has 9 nitrogen and oxygen atoms in total. The maximum absolute atomic E-state index is 12.9. The second kappa shape index (κ2) is 8.93. The normalized spacial score (nSPS) is 17.1. The van der Waals surface area contributed by atoms with Crippen molar-refractivity contribution in [2.45, 2.75) is 31.7 Å². The number of aromatic nitrogens is 1. The lowest BCUT2D eigenvalue weighted by Gasteiger charge is -2.36. The van der Waals surface area contributed by atoms with E-state index in [9.17, 15) is 13.2 Å². The minimum atomic E-state index is -3.58. The van der Waals surface area contributed by atoms with Crippen LogP contribution in [0, 0.1) is 6.92 Å². The summed E-state index contributed by atoms with van der Waals surface area (Å²) in [5.41, 5.74) is 0. The van der Waals surface area contributed by atoms with Gasteiger partial charge in [0.05, 0.1) is 17.5 Å². The Bertz CT molecular complexity index is 934. The predicted octanol–water partition coefficient (Wildman–Crippen LogP) is 1.72. The van der Waals surface area contributed by atoms with Gasteiger partial charge in [0.2, 0.25) is 15.9 Å². The van der Waals surface area contributed by atoms with Crippen LogP contribution < -0.4 is 10.1 Å². The maximum Gasteiger partial charge on any atom is 0.243 e. The molecule has 1 aromatic carbocycles. The van der Waals surface area contributed by atoms with Gasteiger partial charge >= 0.3 is 0 Å². The molecule has 0 radical (unpaired) electrons. The summed E-state index contributed by atoms with van der Waals surface area (Å²) < 4.78 is 37.5. The number of anilines is 1. The predicted molar refractivity (Wildman–Crippen MR) is 107 cm³/mol. The summed E-state index contributed by atoms with van der Waals surface area (Å²) in [6, 6.07) is 7.66. The molecule has 1 atom stereocenters. The topological polar surface area (TPSA) is 105 Å². The smallest absolute Gasteiger partial charge is 0.243 e. The number of sulfonamides is 1. The van der Waals surface area contributed by atoms with E-state index in [0.29, 0.717) is 50.1 Å². The third kappa shape index (κ3) is 4.95. The number of amides is 1. The van der Waals surface area contributed by atoms with Crippen molar-refractivity contribution < 1.29 is 22.5 Å². The molecule has 0 unspecified atom stereocenters. The Morgan fingerprint density at radius 3 is 2.45 bits per heavy atom. The van der Waals surface area contributed by atoms with Crippen LogP contribution in [0.2, 0.25) is 0 Å². The monoisotopic (exact) mass is 422 g/mol. The molecule has 0 bridgehead atoms. The molecule has 10 heteroatoms. The first-order valence-electron chi connectivity index (χ1n) is 9.52. The standard InChI is InChI=1S/C19H26N4O5S/c1-4-27-16-5-7-17(8-6-16)29(25,26)23-11-9-22(10-12-23)15(3)19(24)20-18-13-14(2)28-21-18/h5-8,13,15H,4,9-12H2,1-3H3,(H,20,21,24)/t15-/m1/s1. The molecule has 29 heavy (non-hydrogen) atoms. The minimum absolute atomic E-state index is 0.207. The van der Waals surface area contributed by atoms with Crippen molar-refractivity contribution in [3.63, 3.8) is 0 Å². The second-order valence-electron chi connectivity index (χ2n) is 6.83. The summed E-state index contributed by atoms with van der Waals surface area (Å²) in [6.45, 7) is 7.49. The highest BCUT2D eigenvalue weighted by atomic mass is 32.2. The van der Waals surface area contributed by atoms with Crippen LogP contribution in [0.5, 0.6) is 5.75 Å². The van der Waals surface area contributed by atoms with Crippen molar-refractivity contribution in [1.29, 1.82) is 0 Å². The number of rotatable bonds is 7. The fourth-order valence-corrected chi connectivity index (χ4v) is 4.60. The molecule has 1 aromatic heterocycles. The Morgan fingerprint density at radius 1 is 1.24 bits per heavy atom. The van der Waals surface area contributed by atoms with E-state index >= 15 is 0 Å².